The minimum atomic E-state index is -0.759. The fourth-order valence-electron chi connectivity index (χ4n) is 2.63. The van der Waals surface area contributed by atoms with Gasteiger partial charge in [-0.25, -0.2) is 4.79 Å². The molecule has 8 heteroatoms. The average molecular weight is 348 g/mol. The van der Waals surface area contributed by atoms with Gasteiger partial charge in [-0.1, -0.05) is 6.07 Å². The third-order valence-corrected chi connectivity index (χ3v) is 4.02. The smallest absolute Gasteiger partial charge is 0.409 e. The van der Waals surface area contributed by atoms with Gasteiger partial charge in [-0.15, -0.1) is 0 Å². The average Bonchev–Trinajstić information content (AvgIpc) is 2.59. The van der Waals surface area contributed by atoms with Crippen molar-refractivity contribution in [2.45, 2.75) is 32.7 Å². The summed E-state index contributed by atoms with van der Waals surface area (Å²) in [5.41, 5.74) is 7.53. The van der Waals surface area contributed by atoms with Gasteiger partial charge in [0.1, 0.15) is 0 Å². The van der Waals surface area contributed by atoms with Gasteiger partial charge in [0.15, 0.2) is 0 Å². The molecule has 0 radical (unpaired) electrons. The largest absolute Gasteiger partial charge is 0.450 e. The summed E-state index contributed by atoms with van der Waals surface area (Å²) < 4.78 is 4.95. The Kier molecular flexibility index (Phi) is 6.21. The van der Waals surface area contributed by atoms with E-state index in [1.54, 1.807) is 24.0 Å². The van der Waals surface area contributed by atoms with Crippen LogP contribution in [0.4, 0.5) is 16.2 Å². The number of hydrogen-bond acceptors (Lipinski definition) is 5. The van der Waals surface area contributed by atoms with Crippen LogP contribution in [-0.2, 0) is 14.3 Å². The molecule has 0 spiro atoms. The summed E-state index contributed by atoms with van der Waals surface area (Å²) in [5, 5.41) is 5.22. The van der Waals surface area contributed by atoms with E-state index in [4.69, 9.17) is 10.5 Å². The SMILES string of the molecule is CCOC(=O)N1CCC(NC(=O)C(=O)Nc2cc(C)ccc2N)CC1. The maximum absolute atomic E-state index is 12.1. The van der Waals surface area contributed by atoms with Crippen LogP contribution in [0.2, 0.25) is 0 Å². The van der Waals surface area contributed by atoms with Gasteiger partial charge in [0.05, 0.1) is 18.0 Å². The molecule has 1 aromatic rings. The van der Waals surface area contributed by atoms with Gasteiger partial charge >= 0.3 is 17.9 Å². The standard InChI is InChI=1S/C17H24N4O4/c1-3-25-17(24)21-8-6-12(7-9-21)19-15(22)16(23)20-14-10-11(2)4-5-13(14)18/h4-5,10,12H,3,6-9,18H2,1-2H3,(H,19,22)(H,20,23). The number of anilines is 2. The third-order valence-electron chi connectivity index (χ3n) is 4.02. The lowest BCUT2D eigenvalue weighted by atomic mass is 10.1. The normalized spacial score (nSPS) is 14.7. The maximum Gasteiger partial charge on any atom is 0.409 e. The molecule has 3 amide bonds. The van der Waals surface area contributed by atoms with Gasteiger partial charge in [-0.05, 0) is 44.4 Å². The van der Waals surface area contributed by atoms with Crippen molar-refractivity contribution in [3.8, 4) is 0 Å². The Morgan fingerprint density at radius 3 is 2.56 bits per heavy atom. The Morgan fingerprint density at radius 2 is 1.92 bits per heavy atom. The zero-order valence-electron chi connectivity index (χ0n) is 14.5. The Bertz CT molecular complexity index is 654. The van der Waals surface area contributed by atoms with E-state index in [-0.39, 0.29) is 12.1 Å². The van der Waals surface area contributed by atoms with Gasteiger partial charge < -0.3 is 26.0 Å². The summed E-state index contributed by atoms with van der Waals surface area (Å²) in [7, 11) is 0. The quantitative estimate of drug-likeness (QED) is 0.562. The van der Waals surface area contributed by atoms with E-state index >= 15 is 0 Å². The molecule has 0 saturated carbocycles. The number of rotatable bonds is 3. The lowest BCUT2D eigenvalue weighted by molar-refractivity contribution is -0.136. The number of nitrogens with zero attached hydrogens (tertiary/aromatic N) is 1. The summed E-state index contributed by atoms with van der Waals surface area (Å²) in [5.74, 6) is -1.47. The molecule has 0 bridgehead atoms. The Morgan fingerprint density at radius 1 is 1.24 bits per heavy atom. The van der Waals surface area contributed by atoms with Crippen molar-refractivity contribution in [3.05, 3.63) is 23.8 Å². The molecule has 25 heavy (non-hydrogen) atoms. The highest BCUT2D eigenvalue weighted by atomic mass is 16.6. The highest BCUT2D eigenvalue weighted by molar-refractivity contribution is 6.40. The molecule has 2 rings (SSSR count). The first-order valence-corrected chi connectivity index (χ1v) is 8.30. The van der Waals surface area contributed by atoms with E-state index in [9.17, 15) is 14.4 Å². The number of amides is 3. The molecule has 136 valence electrons. The molecule has 0 aliphatic carbocycles. The minimum absolute atomic E-state index is 0.154. The molecule has 0 aromatic heterocycles. The molecule has 1 aliphatic rings. The van der Waals surface area contributed by atoms with Crippen molar-refractivity contribution in [2.24, 2.45) is 0 Å². The van der Waals surface area contributed by atoms with Crippen LogP contribution < -0.4 is 16.4 Å². The summed E-state index contributed by atoms with van der Waals surface area (Å²) in [6.45, 7) is 4.92. The Labute approximate surface area is 146 Å². The predicted molar refractivity (Wildman–Crippen MR) is 94.0 cm³/mol. The van der Waals surface area contributed by atoms with Crippen LogP contribution in [0, 0.1) is 6.92 Å². The van der Waals surface area contributed by atoms with Crippen LogP contribution in [0.15, 0.2) is 18.2 Å². The molecular weight excluding hydrogens is 324 g/mol. The third kappa shape index (κ3) is 5.10. The molecule has 1 aromatic carbocycles. The molecule has 1 aliphatic heterocycles. The van der Waals surface area contributed by atoms with Crippen LogP contribution in [0.3, 0.4) is 0 Å². The molecule has 4 N–H and O–H groups in total. The topological polar surface area (TPSA) is 114 Å². The van der Waals surface area contributed by atoms with Crippen molar-refractivity contribution >= 4 is 29.3 Å². The number of carbonyl (C=O) groups is 3. The second-order valence-corrected chi connectivity index (χ2v) is 5.98. The van der Waals surface area contributed by atoms with Crippen molar-refractivity contribution in [2.75, 3.05) is 30.7 Å². The monoisotopic (exact) mass is 348 g/mol. The highest BCUT2D eigenvalue weighted by Gasteiger charge is 2.26. The van der Waals surface area contributed by atoms with Crippen LogP contribution in [0.1, 0.15) is 25.3 Å². The Balaban J connectivity index is 1.83. The predicted octanol–water partition coefficient (Wildman–Crippen LogP) is 1.25. The van der Waals surface area contributed by atoms with Gasteiger partial charge in [-0.2, -0.15) is 0 Å². The number of nitrogen functional groups attached to an aromatic ring is 1. The summed E-state index contributed by atoms with van der Waals surface area (Å²) >= 11 is 0. The van der Waals surface area contributed by atoms with Crippen LogP contribution in [-0.4, -0.2) is 48.5 Å². The number of carbonyl (C=O) groups excluding carboxylic acids is 3. The molecule has 1 fully saturated rings. The van der Waals surface area contributed by atoms with Gasteiger partial charge in [0, 0.05) is 19.1 Å². The van der Waals surface area contributed by atoms with E-state index < -0.39 is 11.8 Å². The second-order valence-electron chi connectivity index (χ2n) is 5.98. The summed E-state index contributed by atoms with van der Waals surface area (Å²) in [6.07, 6.45) is 0.800. The fraction of sp³-hybridized carbons (Fsp3) is 0.471. The van der Waals surface area contributed by atoms with Gasteiger partial charge in [0.2, 0.25) is 0 Å². The van der Waals surface area contributed by atoms with Crippen molar-refractivity contribution in [3.63, 3.8) is 0 Å². The molecule has 0 unspecified atom stereocenters. The fourth-order valence-corrected chi connectivity index (χ4v) is 2.63. The molecular formula is C17H24N4O4. The number of hydrogen-bond donors (Lipinski definition) is 3. The molecule has 8 nitrogen and oxygen atoms in total. The lowest BCUT2D eigenvalue weighted by Crippen LogP contribution is -2.49. The first-order valence-electron chi connectivity index (χ1n) is 8.30. The molecule has 1 heterocycles. The van der Waals surface area contributed by atoms with Crippen LogP contribution in [0.5, 0.6) is 0 Å². The summed E-state index contributed by atoms with van der Waals surface area (Å²) in [6, 6.07) is 5.05. The van der Waals surface area contributed by atoms with E-state index in [2.05, 4.69) is 10.6 Å². The first-order chi connectivity index (χ1) is 11.9. The highest BCUT2D eigenvalue weighted by Crippen LogP contribution is 2.19. The minimum Gasteiger partial charge on any atom is -0.450 e. The van der Waals surface area contributed by atoms with Crippen LogP contribution in [0.25, 0.3) is 0 Å². The van der Waals surface area contributed by atoms with E-state index in [1.165, 1.54) is 0 Å². The number of ether oxygens (including phenoxy) is 1. The number of piperidine rings is 1. The van der Waals surface area contributed by atoms with Gasteiger partial charge in [-0.3, -0.25) is 9.59 Å². The summed E-state index contributed by atoms with van der Waals surface area (Å²) in [4.78, 5) is 37.3. The van der Waals surface area contributed by atoms with E-state index in [1.807, 2.05) is 13.0 Å². The molecule has 0 atom stereocenters. The van der Waals surface area contributed by atoms with E-state index in [0.29, 0.717) is 43.9 Å². The molecule has 1 saturated heterocycles. The number of benzene rings is 1. The van der Waals surface area contributed by atoms with Crippen molar-refractivity contribution < 1.29 is 19.1 Å². The zero-order valence-corrected chi connectivity index (χ0v) is 14.5. The Hall–Kier alpha value is -2.77. The number of aryl methyl sites for hydroxylation is 1. The van der Waals surface area contributed by atoms with Crippen LogP contribution >= 0.6 is 0 Å². The van der Waals surface area contributed by atoms with Crippen molar-refractivity contribution in [1.82, 2.24) is 10.2 Å². The number of nitrogens with two attached hydrogens (primary N) is 1. The number of nitrogens with one attached hydrogen (secondary N) is 2. The zero-order chi connectivity index (χ0) is 18.4. The number of likely N-dealkylation sites (tertiary alicyclic amines) is 1. The maximum atomic E-state index is 12.1. The lowest BCUT2D eigenvalue weighted by Gasteiger charge is -2.31. The van der Waals surface area contributed by atoms with Crippen molar-refractivity contribution in [1.29, 1.82) is 0 Å². The van der Waals surface area contributed by atoms with E-state index in [0.717, 1.165) is 5.56 Å². The first kappa shape index (κ1) is 18.6. The second kappa shape index (κ2) is 8.36. The van der Waals surface area contributed by atoms with Gasteiger partial charge in [0.25, 0.3) is 0 Å².